The highest BCUT2D eigenvalue weighted by atomic mass is 28.4. The van der Waals surface area contributed by atoms with Gasteiger partial charge in [0, 0.05) is 14.2 Å². The molecule has 0 heterocycles. The van der Waals surface area contributed by atoms with E-state index in [4.69, 9.17) is 8.85 Å². The molecule has 4 nitrogen and oxygen atoms in total. The Bertz CT molecular complexity index is 79.5. The normalized spacial score (nSPS) is 12.0. The number of hydrogen-bond acceptors (Lipinski definition) is 4. The quantitative estimate of drug-likeness (QED) is 0.540. The summed E-state index contributed by atoms with van der Waals surface area (Å²) < 4.78 is 10.3. The lowest BCUT2D eigenvalue weighted by Crippen LogP contribution is -2.64. The van der Waals surface area contributed by atoms with E-state index in [9.17, 15) is 0 Å². The third-order valence-corrected chi connectivity index (χ3v) is 3.94. The van der Waals surface area contributed by atoms with Crippen molar-refractivity contribution in [1.82, 2.24) is 9.96 Å². The van der Waals surface area contributed by atoms with Gasteiger partial charge in [-0.15, -0.1) is 0 Å². The molecule has 0 aromatic rings. The van der Waals surface area contributed by atoms with Crippen molar-refractivity contribution in [1.29, 1.82) is 0 Å². The molecule has 0 aromatic heterocycles. The van der Waals surface area contributed by atoms with Gasteiger partial charge in [-0.3, -0.25) is 9.96 Å². The fraction of sp³-hybridized carbons (Fsp3) is 1.00. The van der Waals surface area contributed by atoms with E-state index in [2.05, 4.69) is 9.96 Å². The second-order valence-electron chi connectivity index (χ2n) is 1.81. The van der Waals surface area contributed by atoms with E-state index in [0.29, 0.717) is 0 Å². The van der Waals surface area contributed by atoms with Gasteiger partial charge in [-0.2, -0.15) is 0 Å². The van der Waals surface area contributed by atoms with Crippen LogP contribution in [-0.2, 0) is 8.85 Å². The summed E-state index contributed by atoms with van der Waals surface area (Å²) in [5.74, 6) is 0. The highest BCUT2D eigenvalue weighted by molar-refractivity contribution is 6.61. The summed E-state index contributed by atoms with van der Waals surface area (Å²) in [5.41, 5.74) is 0. The summed E-state index contributed by atoms with van der Waals surface area (Å²) in [4.78, 5) is 6.13. The van der Waals surface area contributed by atoms with Crippen LogP contribution in [0.25, 0.3) is 0 Å². The van der Waals surface area contributed by atoms with Crippen molar-refractivity contribution in [3.05, 3.63) is 0 Å². The SMILES string of the molecule is CCN[Si](NC)(OC)OC. The molecule has 0 aliphatic carbocycles. The third-order valence-electron chi connectivity index (χ3n) is 1.31. The van der Waals surface area contributed by atoms with Crippen molar-refractivity contribution in [2.45, 2.75) is 6.92 Å². The standard InChI is InChI=1S/C5H16N2O2Si/c1-5-7-10(6-2,8-3)9-4/h6-7H,5H2,1-4H3. The Morgan fingerprint density at radius 2 is 1.80 bits per heavy atom. The summed E-state index contributed by atoms with van der Waals surface area (Å²) in [5, 5.41) is 0. The van der Waals surface area contributed by atoms with Crippen LogP contribution >= 0.6 is 0 Å². The molecule has 5 heteroatoms. The van der Waals surface area contributed by atoms with Crippen LogP contribution in [0.15, 0.2) is 0 Å². The zero-order valence-electron chi connectivity index (χ0n) is 7.02. The predicted molar refractivity (Wildman–Crippen MR) is 42.5 cm³/mol. The van der Waals surface area contributed by atoms with E-state index in [1.165, 1.54) is 0 Å². The molecule has 0 spiro atoms. The Morgan fingerprint density at radius 3 is 1.90 bits per heavy atom. The highest BCUT2D eigenvalue weighted by Gasteiger charge is 2.34. The molecular weight excluding hydrogens is 148 g/mol. The molecule has 0 amide bonds. The lowest BCUT2D eigenvalue weighted by Gasteiger charge is -2.25. The van der Waals surface area contributed by atoms with Crippen molar-refractivity contribution in [2.75, 3.05) is 27.8 Å². The molecule has 0 rings (SSSR count). The van der Waals surface area contributed by atoms with Gasteiger partial charge in [0.15, 0.2) is 0 Å². The number of hydrogen-bond donors (Lipinski definition) is 2. The summed E-state index contributed by atoms with van der Waals surface area (Å²) >= 11 is 0. The van der Waals surface area contributed by atoms with Crippen molar-refractivity contribution < 1.29 is 8.85 Å². The first kappa shape index (κ1) is 10.1. The Balaban J connectivity index is 3.87. The molecule has 0 aliphatic heterocycles. The molecule has 0 fully saturated rings. The van der Waals surface area contributed by atoms with Gasteiger partial charge in [-0.05, 0) is 13.6 Å². The van der Waals surface area contributed by atoms with Gasteiger partial charge in [0.05, 0.1) is 0 Å². The molecule has 0 aromatic carbocycles. The minimum absolute atomic E-state index is 0.842. The zero-order valence-corrected chi connectivity index (χ0v) is 8.02. The molecule has 0 bridgehead atoms. The summed E-state index contributed by atoms with van der Waals surface area (Å²) in [7, 11) is 2.87. The van der Waals surface area contributed by atoms with Gasteiger partial charge in [0.2, 0.25) is 0 Å². The van der Waals surface area contributed by atoms with Crippen LogP contribution in [0.3, 0.4) is 0 Å². The molecule has 0 saturated heterocycles. The van der Waals surface area contributed by atoms with E-state index < -0.39 is 8.88 Å². The van der Waals surface area contributed by atoms with E-state index >= 15 is 0 Å². The first-order valence-electron chi connectivity index (χ1n) is 3.29. The predicted octanol–water partition coefficient (Wildman–Crippen LogP) is -0.456. The van der Waals surface area contributed by atoms with Gasteiger partial charge in [-0.1, -0.05) is 6.92 Å². The van der Waals surface area contributed by atoms with Crippen molar-refractivity contribution in [3.63, 3.8) is 0 Å². The lowest BCUT2D eigenvalue weighted by molar-refractivity contribution is 0.218. The smallest absolute Gasteiger partial charge is 0.374 e. The van der Waals surface area contributed by atoms with Crippen LogP contribution in [0.4, 0.5) is 0 Å². The molecule has 0 saturated carbocycles. The lowest BCUT2D eigenvalue weighted by atomic mass is 10.8. The molecule has 2 N–H and O–H groups in total. The maximum Gasteiger partial charge on any atom is 0.516 e. The topological polar surface area (TPSA) is 42.5 Å². The van der Waals surface area contributed by atoms with Crippen LogP contribution in [0.5, 0.6) is 0 Å². The Hall–Kier alpha value is 0.0569. The van der Waals surface area contributed by atoms with Crippen molar-refractivity contribution in [3.8, 4) is 0 Å². The van der Waals surface area contributed by atoms with Gasteiger partial charge in [0.1, 0.15) is 0 Å². The number of rotatable bonds is 5. The molecule has 10 heavy (non-hydrogen) atoms. The van der Waals surface area contributed by atoms with Crippen LogP contribution < -0.4 is 9.96 Å². The maximum atomic E-state index is 5.17. The van der Waals surface area contributed by atoms with Crippen LogP contribution in [-0.4, -0.2) is 36.7 Å². The molecule has 62 valence electrons. The van der Waals surface area contributed by atoms with E-state index in [1.807, 2.05) is 14.0 Å². The largest absolute Gasteiger partial charge is 0.516 e. The van der Waals surface area contributed by atoms with Crippen LogP contribution in [0, 0.1) is 0 Å². The average Bonchev–Trinajstić information content (AvgIpc) is 2.01. The van der Waals surface area contributed by atoms with Crippen molar-refractivity contribution >= 4 is 8.88 Å². The van der Waals surface area contributed by atoms with Gasteiger partial charge in [0.25, 0.3) is 0 Å². The fourth-order valence-corrected chi connectivity index (χ4v) is 2.26. The Labute approximate surface area is 63.3 Å². The fourth-order valence-electron chi connectivity index (χ4n) is 0.753. The minimum Gasteiger partial charge on any atom is -0.374 e. The van der Waals surface area contributed by atoms with Crippen LogP contribution in [0.2, 0.25) is 0 Å². The Kier molecular flexibility index (Phi) is 4.84. The van der Waals surface area contributed by atoms with Gasteiger partial charge < -0.3 is 8.85 Å². The average molecular weight is 164 g/mol. The summed E-state index contributed by atoms with van der Waals surface area (Å²) in [6, 6.07) is 0. The number of nitrogens with one attached hydrogen (secondary N) is 2. The van der Waals surface area contributed by atoms with E-state index in [1.54, 1.807) is 14.2 Å². The second kappa shape index (κ2) is 4.81. The molecule has 0 aliphatic rings. The molecule has 0 radical (unpaired) electrons. The Morgan fingerprint density at radius 1 is 1.30 bits per heavy atom. The zero-order chi connectivity index (χ0) is 8.04. The van der Waals surface area contributed by atoms with Crippen molar-refractivity contribution in [2.24, 2.45) is 0 Å². The van der Waals surface area contributed by atoms with E-state index in [0.717, 1.165) is 6.54 Å². The summed E-state index contributed by atoms with van der Waals surface area (Å²) in [6.07, 6.45) is 0. The third kappa shape index (κ3) is 2.35. The van der Waals surface area contributed by atoms with E-state index in [-0.39, 0.29) is 0 Å². The highest BCUT2D eigenvalue weighted by Crippen LogP contribution is 1.92. The monoisotopic (exact) mass is 164 g/mol. The van der Waals surface area contributed by atoms with Gasteiger partial charge in [-0.25, -0.2) is 0 Å². The maximum absolute atomic E-state index is 5.17. The van der Waals surface area contributed by atoms with Gasteiger partial charge >= 0.3 is 8.88 Å². The first-order valence-corrected chi connectivity index (χ1v) is 5.10. The van der Waals surface area contributed by atoms with Crippen LogP contribution in [0.1, 0.15) is 6.92 Å². The first-order chi connectivity index (χ1) is 4.74. The second-order valence-corrected chi connectivity index (χ2v) is 4.71. The molecular formula is C5H16N2O2Si. The molecule has 0 unspecified atom stereocenters. The minimum atomic E-state index is -2.22. The summed E-state index contributed by atoms with van der Waals surface area (Å²) in [6.45, 7) is 2.85. The molecule has 0 atom stereocenters.